The van der Waals surface area contributed by atoms with Crippen LogP contribution in [0.4, 0.5) is 0 Å². The first-order valence-electron chi connectivity index (χ1n) is 37.1. The second-order valence-corrected chi connectivity index (χ2v) is 35.2. The zero-order valence-electron chi connectivity index (χ0n) is 63.7. The third-order valence-corrected chi connectivity index (χ3v) is 30.2. The number of ether oxygens (including phenoxy) is 8. The highest BCUT2D eigenvalue weighted by atomic mass is 16.5. The normalized spacial score (nSPS) is 36.4. The fraction of sp³-hybridized carbons (Fsp3) is 0.591. The van der Waals surface area contributed by atoms with Gasteiger partial charge in [-0.3, -0.25) is 19.2 Å². The number of fused-ring (bicyclic) bond motifs is 6. The van der Waals surface area contributed by atoms with Gasteiger partial charge in [0.05, 0.1) is 79.5 Å². The van der Waals surface area contributed by atoms with Crippen molar-refractivity contribution < 1.29 is 57.1 Å². The zero-order chi connectivity index (χ0) is 72.1. The molecule has 6 saturated carbocycles. The van der Waals surface area contributed by atoms with Crippen LogP contribution in [0.3, 0.4) is 0 Å². The minimum atomic E-state index is -0.333. The van der Waals surface area contributed by atoms with E-state index in [4.69, 9.17) is 37.9 Å². The average molecular weight is 1360 g/mol. The molecular formula is C88H112O12. The first-order chi connectivity index (χ1) is 47.3. The van der Waals surface area contributed by atoms with Gasteiger partial charge in [0.25, 0.3) is 0 Å². The van der Waals surface area contributed by atoms with E-state index in [-0.39, 0.29) is 112 Å². The van der Waals surface area contributed by atoms with E-state index in [1.165, 1.54) is 60.8 Å². The Morgan fingerprint density at radius 3 is 0.970 bits per heavy atom. The third-order valence-electron chi connectivity index (χ3n) is 30.2. The van der Waals surface area contributed by atoms with Crippen molar-refractivity contribution in [2.24, 2.45) is 66.0 Å². The topological polar surface area (TPSA) is 142 Å². The molecule has 0 radical (unpaired) electrons. The summed E-state index contributed by atoms with van der Waals surface area (Å²) < 4.78 is 44.2. The summed E-state index contributed by atoms with van der Waals surface area (Å²) in [6.45, 7) is 28.1. The minimum Gasteiger partial charge on any atom is -0.493 e. The second-order valence-electron chi connectivity index (χ2n) is 35.2. The number of hydrogen-bond acceptors (Lipinski definition) is 12. The van der Waals surface area contributed by atoms with Crippen LogP contribution in [0.2, 0.25) is 0 Å². The molecule has 0 heterocycles. The molecule has 0 N–H and O–H groups in total. The lowest BCUT2D eigenvalue weighted by Gasteiger charge is -2.59. The molecule has 0 aliphatic heterocycles. The predicted octanol–water partition coefficient (Wildman–Crippen LogP) is 19.1. The maximum Gasteiger partial charge on any atom is 0.163 e. The van der Waals surface area contributed by atoms with Gasteiger partial charge in [-0.15, -0.1) is 0 Å². The van der Waals surface area contributed by atoms with Crippen LogP contribution in [0.1, 0.15) is 230 Å². The van der Waals surface area contributed by atoms with Crippen molar-refractivity contribution in [2.75, 3.05) is 56.9 Å². The van der Waals surface area contributed by atoms with Crippen LogP contribution in [-0.2, 0) is 30.0 Å². The number of rotatable bonds is 10. The number of methoxy groups -OCH3 is 8. The SMILES string of the molecule is COc1cc2c(cc1OC)C13CC=CC(=O)C2C1(C)CCCC3(C)C.COc1cc2c(cc1OC)C13CC=CC(=O)C2C1(C)CCCC3(C)C.COc1ccc([C@@H]2[C@H]3C=C[C@@]4(C3=O)C(C)(C)CCCC24C)cc1OC.COc1ccc([C@H]2[C@@H]3C=C[C@]4(C3=O)C(C)(C)CCCC24C)cc1OC. The number of Topliss-reactive ketones (excluding diaryl/α,β-unsaturated/α-hetero) is 2. The Bertz CT molecular complexity index is 3860. The van der Waals surface area contributed by atoms with Gasteiger partial charge in [-0.2, -0.15) is 0 Å². The number of ketones is 4. The molecular weight excluding hydrogens is 1250 g/mol. The third kappa shape index (κ3) is 9.06. The Morgan fingerprint density at radius 1 is 0.340 bits per heavy atom. The van der Waals surface area contributed by atoms with Gasteiger partial charge in [0.15, 0.2) is 69.1 Å². The number of hydrogen-bond donors (Lipinski definition) is 0. The number of carbonyl (C=O) groups is 4. The highest BCUT2D eigenvalue weighted by Gasteiger charge is 2.76. The monoisotopic (exact) mass is 1360 g/mol. The Labute approximate surface area is 596 Å². The van der Waals surface area contributed by atoms with Crippen LogP contribution >= 0.6 is 0 Å². The Kier molecular flexibility index (Phi) is 17.3. The summed E-state index contributed by atoms with van der Waals surface area (Å²) in [7, 11) is 13.3. The maximum absolute atomic E-state index is 13.5. The molecule has 8 unspecified atom stereocenters. The molecule has 0 saturated heterocycles. The fourth-order valence-corrected chi connectivity index (χ4v) is 26.0. The molecule has 6 fully saturated rings. The Balaban J connectivity index is 0.000000119. The van der Waals surface area contributed by atoms with Crippen LogP contribution in [0.15, 0.2) is 109 Å². The van der Waals surface area contributed by atoms with Crippen molar-refractivity contribution in [1.29, 1.82) is 0 Å². The van der Waals surface area contributed by atoms with E-state index >= 15 is 0 Å². The molecule has 12 aliphatic carbocycles. The molecule has 8 bridgehead atoms. The van der Waals surface area contributed by atoms with Crippen molar-refractivity contribution >= 4 is 23.1 Å². The molecule has 12 aliphatic rings. The van der Waals surface area contributed by atoms with Crippen LogP contribution in [0, 0.1) is 66.0 Å². The van der Waals surface area contributed by atoms with Gasteiger partial charge in [0, 0.05) is 34.5 Å². The molecule has 536 valence electrons. The standard InChI is InChI=1S/4C22H28O3/c2*1-20(2)10-6-11-21(3)18(15-9-12-22(20,21)19(15)23)14-7-8-16(24-4)17(13-14)25-5;2*1-20(2)9-7-10-21(3)19-14-12-17(24-4)18(25-5)13-15(14)22(20,21)11-6-8-16(19)23/h2*7-9,12-13,15,18H,6,10-11H2,1-5H3;2*6,8,12-13,19H,7,9-11H2,1-5H3/t2*15-,18-,21?,22-;;/m10../s1. The molecule has 2 spiro atoms. The van der Waals surface area contributed by atoms with Crippen molar-refractivity contribution in [3.05, 3.63) is 143 Å². The number of carbonyl (C=O) groups excluding carboxylic acids is 4. The summed E-state index contributed by atoms with van der Waals surface area (Å²) in [5, 5.41) is 0. The summed E-state index contributed by atoms with van der Waals surface area (Å²) in [6, 6.07) is 20.8. The lowest BCUT2D eigenvalue weighted by atomic mass is 9.44. The maximum atomic E-state index is 13.5. The zero-order valence-corrected chi connectivity index (χ0v) is 63.7. The van der Waals surface area contributed by atoms with E-state index in [1.54, 1.807) is 56.9 Å². The van der Waals surface area contributed by atoms with Crippen LogP contribution in [0.5, 0.6) is 46.0 Å². The number of allylic oxidation sites excluding steroid dienone is 8. The Hall–Kier alpha value is -7.08. The highest BCUT2D eigenvalue weighted by Crippen LogP contribution is 2.79. The van der Waals surface area contributed by atoms with E-state index < -0.39 is 0 Å². The van der Waals surface area contributed by atoms with Gasteiger partial charge in [0.1, 0.15) is 0 Å². The first-order valence-corrected chi connectivity index (χ1v) is 37.1. The molecule has 100 heavy (non-hydrogen) atoms. The van der Waals surface area contributed by atoms with Gasteiger partial charge < -0.3 is 37.9 Å². The molecule has 4 aromatic rings. The molecule has 0 amide bonds. The van der Waals surface area contributed by atoms with E-state index in [0.29, 0.717) is 11.6 Å². The fourth-order valence-electron chi connectivity index (χ4n) is 26.0. The molecule has 16 rings (SSSR count). The summed E-state index contributed by atoms with van der Waals surface area (Å²) in [5.41, 5.74) is 6.64. The van der Waals surface area contributed by atoms with E-state index in [9.17, 15) is 19.2 Å². The van der Waals surface area contributed by atoms with E-state index in [2.05, 4.69) is 168 Å². The van der Waals surface area contributed by atoms with Crippen molar-refractivity contribution in [1.82, 2.24) is 0 Å². The van der Waals surface area contributed by atoms with Crippen molar-refractivity contribution in [3.63, 3.8) is 0 Å². The second kappa shape index (κ2) is 24.3. The highest BCUT2D eigenvalue weighted by molar-refractivity contribution is 6.01. The van der Waals surface area contributed by atoms with Gasteiger partial charge in [-0.1, -0.05) is 157 Å². The lowest BCUT2D eigenvalue weighted by molar-refractivity contribution is -0.139. The Morgan fingerprint density at radius 2 is 0.640 bits per heavy atom. The van der Waals surface area contributed by atoms with Crippen molar-refractivity contribution in [3.8, 4) is 46.0 Å². The summed E-state index contributed by atoms with van der Waals surface area (Å²) in [5.74, 6) is 7.51. The summed E-state index contributed by atoms with van der Waals surface area (Å²) in [4.78, 5) is 53.2. The minimum absolute atomic E-state index is 0.00758. The van der Waals surface area contributed by atoms with Gasteiger partial charge in [-0.05, 0) is 202 Å². The van der Waals surface area contributed by atoms with Crippen LogP contribution < -0.4 is 37.9 Å². The molecule has 12 nitrogen and oxygen atoms in total. The van der Waals surface area contributed by atoms with Crippen LogP contribution in [0.25, 0.3) is 0 Å². The van der Waals surface area contributed by atoms with E-state index in [1.807, 2.05) is 24.3 Å². The molecule has 0 aromatic heterocycles. The van der Waals surface area contributed by atoms with Crippen LogP contribution in [-0.4, -0.2) is 80.0 Å². The summed E-state index contributed by atoms with van der Waals surface area (Å²) in [6.07, 6.45) is 32.3. The summed E-state index contributed by atoms with van der Waals surface area (Å²) >= 11 is 0. The lowest BCUT2D eigenvalue weighted by Crippen LogP contribution is -2.55. The number of benzene rings is 4. The smallest absolute Gasteiger partial charge is 0.163 e. The first kappa shape index (κ1) is 71.3. The average Bonchev–Trinajstić information content (AvgIpc) is 1.52. The van der Waals surface area contributed by atoms with E-state index in [0.717, 1.165) is 108 Å². The van der Waals surface area contributed by atoms with Gasteiger partial charge in [0.2, 0.25) is 0 Å². The van der Waals surface area contributed by atoms with Gasteiger partial charge >= 0.3 is 0 Å². The van der Waals surface area contributed by atoms with Crippen molar-refractivity contribution in [2.45, 2.75) is 207 Å². The molecule has 4 aromatic carbocycles. The van der Waals surface area contributed by atoms with Gasteiger partial charge in [-0.25, -0.2) is 0 Å². The largest absolute Gasteiger partial charge is 0.493 e. The molecule has 12 heteroatoms. The predicted molar refractivity (Wildman–Crippen MR) is 393 cm³/mol. The molecule has 14 atom stereocenters. The quantitative estimate of drug-likeness (QED) is 0.140.